The van der Waals surface area contributed by atoms with Gasteiger partial charge in [-0.3, -0.25) is 9.69 Å². The molecule has 10 heteroatoms. The van der Waals surface area contributed by atoms with Crippen LogP contribution in [0.4, 0.5) is 14.9 Å². The SMILES string of the molecule is Cc1cc(Oc2ccccc2)ccc1N1C(=O)NC2=C(C(=O)N[C@@H]3C[C@H](F)CN(C)C3)SC3NCCC1C23. The smallest absolute Gasteiger partial charge is 0.326 e. The Balaban J connectivity index is 1.24. The summed E-state index contributed by atoms with van der Waals surface area (Å²) >= 11 is 1.46. The number of benzene rings is 2. The van der Waals surface area contributed by atoms with Crippen LogP contribution >= 0.6 is 11.8 Å². The lowest BCUT2D eigenvalue weighted by Crippen LogP contribution is -2.62. The third-order valence-electron chi connectivity index (χ3n) is 7.67. The average molecular weight is 538 g/mol. The lowest BCUT2D eigenvalue weighted by atomic mass is 9.86. The number of hydrogen-bond donors (Lipinski definition) is 3. The number of ether oxygens (including phenoxy) is 1. The standard InChI is InChI=1S/C28H32FN5O3S/c1-16-12-20(37-19-6-4-3-5-7-19)8-9-21(16)34-22-10-11-30-27-23(22)24(32-28(34)36)25(38-27)26(35)31-18-13-17(29)14-33(2)15-18/h3-9,12,17-18,22-23,27,30H,10-11,13-15H2,1-2H3,(H,31,35)(H,32,36)/t17-,18+,22?,23?,27?/m0/s1. The number of halogens is 1. The van der Waals surface area contributed by atoms with Gasteiger partial charge in [-0.2, -0.15) is 0 Å². The normalized spacial score (nSPS) is 29.1. The Kier molecular flexibility index (Phi) is 6.79. The summed E-state index contributed by atoms with van der Waals surface area (Å²) in [6, 6.07) is 14.8. The second-order valence-corrected chi connectivity index (χ2v) is 11.7. The van der Waals surface area contributed by atoms with Crippen LogP contribution in [0.3, 0.4) is 0 Å². The number of thioether (sulfide) groups is 1. The fourth-order valence-electron chi connectivity index (χ4n) is 6.09. The Morgan fingerprint density at radius 1 is 1.16 bits per heavy atom. The number of nitrogens with one attached hydrogen (secondary N) is 3. The van der Waals surface area contributed by atoms with Gasteiger partial charge >= 0.3 is 6.03 Å². The molecule has 0 spiro atoms. The summed E-state index contributed by atoms with van der Waals surface area (Å²) in [5.74, 6) is 1.18. The zero-order valence-corrected chi connectivity index (χ0v) is 22.3. The van der Waals surface area contributed by atoms with Crippen molar-refractivity contribution in [1.29, 1.82) is 0 Å². The van der Waals surface area contributed by atoms with Gasteiger partial charge in [0.15, 0.2) is 0 Å². The number of piperidine rings is 2. The first-order chi connectivity index (χ1) is 18.4. The van der Waals surface area contributed by atoms with E-state index in [4.69, 9.17) is 4.74 Å². The van der Waals surface area contributed by atoms with E-state index >= 15 is 0 Å². The molecule has 3 unspecified atom stereocenters. The van der Waals surface area contributed by atoms with Gasteiger partial charge in [-0.15, -0.1) is 0 Å². The van der Waals surface area contributed by atoms with Crippen LogP contribution in [0.15, 0.2) is 59.1 Å². The molecular formula is C28H32FN5O3S. The molecule has 38 heavy (non-hydrogen) atoms. The van der Waals surface area contributed by atoms with Gasteiger partial charge in [0.25, 0.3) is 5.91 Å². The van der Waals surface area contributed by atoms with E-state index in [1.54, 1.807) is 0 Å². The molecule has 2 aromatic rings. The molecule has 4 heterocycles. The highest BCUT2D eigenvalue weighted by atomic mass is 32.2. The predicted molar refractivity (Wildman–Crippen MR) is 146 cm³/mol. The average Bonchev–Trinajstić information content (AvgIpc) is 3.25. The predicted octanol–water partition coefficient (Wildman–Crippen LogP) is 3.74. The topological polar surface area (TPSA) is 85.9 Å². The summed E-state index contributed by atoms with van der Waals surface area (Å²) in [5, 5.41) is 9.58. The quantitative estimate of drug-likeness (QED) is 0.539. The molecule has 4 aliphatic heterocycles. The van der Waals surface area contributed by atoms with Gasteiger partial charge in [-0.25, -0.2) is 9.18 Å². The van der Waals surface area contributed by atoms with Gasteiger partial charge in [0.05, 0.1) is 16.3 Å². The Labute approximate surface area is 226 Å². The molecule has 3 saturated heterocycles. The Hall–Kier alpha value is -3.08. The number of rotatable bonds is 5. The van der Waals surface area contributed by atoms with Crippen LogP contribution in [0.5, 0.6) is 11.5 Å². The van der Waals surface area contributed by atoms with E-state index < -0.39 is 6.17 Å². The maximum Gasteiger partial charge on any atom is 0.326 e. The van der Waals surface area contributed by atoms with Gasteiger partial charge in [0.2, 0.25) is 0 Å². The van der Waals surface area contributed by atoms with E-state index in [9.17, 15) is 14.0 Å². The number of likely N-dealkylation sites (N-methyl/N-ethyl adjacent to an activating group) is 1. The van der Waals surface area contributed by atoms with Crippen LogP contribution in [-0.4, -0.2) is 67.1 Å². The van der Waals surface area contributed by atoms with Crippen LogP contribution < -0.4 is 25.6 Å². The Morgan fingerprint density at radius 3 is 2.74 bits per heavy atom. The van der Waals surface area contributed by atoms with Crippen molar-refractivity contribution >= 4 is 29.4 Å². The number of hydrogen-bond acceptors (Lipinski definition) is 6. The van der Waals surface area contributed by atoms with E-state index in [0.29, 0.717) is 35.9 Å². The van der Waals surface area contributed by atoms with Gasteiger partial charge in [0.1, 0.15) is 17.7 Å². The van der Waals surface area contributed by atoms with E-state index in [-0.39, 0.29) is 35.3 Å². The largest absolute Gasteiger partial charge is 0.457 e. The van der Waals surface area contributed by atoms with Gasteiger partial charge < -0.3 is 25.6 Å². The number of carbonyl (C=O) groups excluding carboxylic acids is 2. The number of amides is 3. The first kappa shape index (κ1) is 25.2. The van der Waals surface area contributed by atoms with Crippen molar-refractivity contribution in [1.82, 2.24) is 20.9 Å². The number of urea groups is 1. The second kappa shape index (κ2) is 10.2. The number of para-hydroxylation sites is 1. The zero-order chi connectivity index (χ0) is 26.4. The molecule has 3 amide bonds. The van der Waals surface area contributed by atoms with Gasteiger partial charge in [0, 0.05) is 42.9 Å². The number of alkyl halides is 1. The minimum atomic E-state index is -0.961. The van der Waals surface area contributed by atoms with Crippen LogP contribution in [0.2, 0.25) is 0 Å². The number of aryl methyl sites for hydroxylation is 1. The van der Waals surface area contributed by atoms with Crippen molar-refractivity contribution in [3.8, 4) is 11.5 Å². The molecule has 5 atom stereocenters. The molecule has 0 bridgehead atoms. The summed E-state index contributed by atoms with van der Waals surface area (Å²) < 4.78 is 20.1. The highest BCUT2D eigenvalue weighted by Crippen LogP contribution is 2.48. The van der Waals surface area contributed by atoms with Crippen molar-refractivity contribution in [3.05, 3.63) is 64.7 Å². The van der Waals surface area contributed by atoms with Gasteiger partial charge in [-0.05, 0) is 62.8 Å². The van der Waals surface area contributed by atoms with Crippen molar-refractivity contribution < 1.29 is 18.7 Å². The van der Waals surface area contributed by atoms with Crippen LogP contribution in [0, 0.1) is 12.8 Å². The van der Waals surface area contributed by atoms with Gasteiger partial charge in [-0.1, -0.05) is 30.0 Å². The molecule has 200 valence electrons. The summed E-state index contributed by atoms with van der Waals surface area (Å²) in [7, 11) is 1.86. The Bertz CT molecular complexity index is 1260. The minimum absolute atomic E-state index is 0.0171. The van der Waals surface area contributed by atoms with Crippen molar-refractivity contribution in [2.24, 2.45) is 5.92 Å². The maximum atomic E-state index is 14.1. The fraction of sp³-hybridized carbons (Fsp3) is 0.429. The summed E-state index contributed by atoms with van der Waals surface area (Å²) in [4.78, 5) is 31.1. The minimum Gasteiger partial charge on any atom is -0.457 e. The third kappa shape index (κ3) is 4.76. The molecule has 2 aromatic carbocycles. The molecule has 6 rings (SSSR count). The zero-order valence-electron chi connectivity index (χ0n) is 21.4. The molecule has 0 aromatic heterocycles. The van der Waals surface area contributed by atoms with E-state index in [0.717, 1.165) is 30.0 Å². The van der Waals surface area contributed by atoms with Crippen LogP contribution in [-0.2, 0) is 4.79 Å². The highest BCUT2D eigenvalue weighted by Gasteiger charge is 2.52. The molecule has 8 nitrogen and oxygen atoms in total. The van der Waals surface area contributed by atoms with Crippen molar-refractivity contribution in [2.45, 2.75) is 43.4 Å². The molecule has 3 N–H and O–H groups in total. The second-order valence-electron chi connectivity index (χ2n) is 10.5. The highest BCUT2D eigenvalue weighted by molar-refractivity contribution is 8.04. The summed E-state index contributed by atoms with van der Waals surface area (Å²) in [6.45, 7) is 3.72. The molecule has 3 fully saturated rings. The monoisotopic (exact) mass is 537 g/mol. The molecular weight excluding hydrogens is 505 g/mol. The van der Waals surface area contributed by atoms with Crippen LogP contribution in [0.1, 0.15) is 18.4 Å². The lowest BCUT2D eigenvalue weighted by Gasteiger charge is -2.46. The van der Waals surface area contributed by atoms with Crippen molar-refractivity contribution in [2.75, 3.05) is 31.6 Å². The fourth-order valence-corrected chi connectivity index (χ4v) is 7.49. The number of likely N-dealkylation sites (tertiary alicyclic amines) is 1. The molecule has 0 aliphatic carbocycles. The number of anilines is 1. The number of nitrogens with zero attached hydrogens (tertiary/aromatic N) is 2. The lowest BCUT2D eigenvalue weighted by molar-refractivity contribution is -0.118. The first-order valence-corrected chi connectivity index (χ1v) is 14.0. The van der Waals surface area contributed by atoms with E-state index in [2.05, 4.69) is 16.0 Å². The third-order valence-corrected chi connectivity index (χ3v) is 9.03. The van der Waals surface area contributed by atoms with E-state index in [1.165, 1.54) is 11.8 Å². The molecule has 0 radical (unpaired) electrons. The van der Waals surface area contributed by atoms with E-state index in [1.807, 2.05) is 72.3 Å². The maximum absolute atomic E-state index is 14.1. The Morgan fingerprint density at radius 2 is 1.97 bits per heavy atom. The molecule has 4 aliphatic rings. The summed E-state index contributed by atoms with van der Waals surface area (Å²) in [6.07, 6.45) is 0.115. The summed E-state index contributed by atoms with van der Waals surface area (Å²) in [5.41, 5.74) is 2.44. The molecule has 0 saturated carbocycles. The van der Waals surface area contributed by atoms with Crippen LogP contribution in [0.25, 0.3) is 0 Å². The van der Waals surface area contributed by atoms with Crippen molar-refractivity contribution in [3.63, 3.8) is 0 Å². The first-order valence-electron chi connectivity index (χ1n) is 13.1. The number of carbonyl (C=O) groups is 2.